The van der Waals surface area contributed by atoms with Crippen molar-refractivity contribution in [2.24, 2.45) is 0 Å². The van der Waals surface area contributed by atoms with Crippen molar-refractivity contribution < 1.29 is 0 Å². The van der Waals surface area contributed by atoms with E-state index in [4.69, 9.17) is 23.2 Å². The van der Waals surface area contributed by atoms with Crippen molar-refractivity contribution in [3.05, 3.63) is 76.2 Å². The third-order valence-corrected chi connectivity index (χ3v) is 6.56. The van der Waals surface area contributed by atoms with Crippen molar-refractivity contribution in [2.75, 3.05) is 14.1 Å². The van der Waals surface area contributed by atoms with Crippen LogP contribution in [-0.2, 0) is 5.75 Å². The standard InChI is InChI=1S/C22H21Cl2N5S/c1-14(28(2)3)21-26-27-22(29(21)18-10-8-17(23)9-11-18)30-13-16-12-15-6-4-5-7-19(15)25-20(16)24/h4-12,14H,13H2,1-3H3. The molecule has 0 N–H and O–H groups in total. The van der Waals surface area contributed by atoms with Crippen LogP contribution in [0.15, 0.2) is 59.8 Å². The van der Waals surface area contributed by atoms with Gasteiger partial charge in [0.1, 0.15) is 5.15 Å². The second-order valence-electron chi connectivity index (χ2n) is 7.21. The molecule has 0 fully saturated rings. The van der Waals surface area contributed by atoms with Gasteiger partial charge in [0.25, 0.3) is 0 Å². The monoisotopic (exact) mass is 457 g/mol. The maximum absolute atomic E-state index is 6.45. The summed E-state index contributed by atoms with van der Waals surface area (Å²) >= 11 is 14.1. The molecule has 4 rings (SSSR count). The molecule has 0 saturated carbocycles. The molecule has 5 nitrogen and oxygen atoms in total. The van der Waals surface area contributed by atoms with Gasteiger partial charge in [-0.15, -0.1) is 10.2 Å². The molecule has 0 aliphatic carbocycles. The van der Waals surface area contributed by atoms with Gasteiger partial charge in [0, 0.05) is 27.4 Å². The average Bonchev–Trinajstić information content (AvgIpc) is 3.16. The van der Waals surface area contributed by atoms with E-state index in [2.05, 4.69) is 37.6 Å². The number of rotatable bonds is 6. The molecule has 0 bridgehead atoms. The predicted molar refractivity (Wildman–Crippen MR) is 125 cm³/mol. The number of para-hydroxylation sites is 1. The van der Waals surface area contributed by atoms with Gasteiger partial charge >= 0.3 is 0 Å². The summed E-state index contributed by atoms with van der Waals surface area (Å²) in [5.41, 5.74) is 2.83. The molecule has 2 aromatic heterocycles. The molecule has 0 radical (unpaired) electrons. The van der Waals surface area contributed by atoms with Gasteiger partial charge in [-0.25, -0.2) is 4.98 Å². The fourth-order valence-corrected chi connectivity index (χ4v) is 4.44. The Morgan fingerprint density at radius 3 is 2.50 bits per heavy atom. The van der Waals surface area contributed by atoms with Crippen molar-refractivity contribution in [1.82, 2.24) is 24.6 Å². The van der Waals surface area contributed by atoms with Crippen molar-refractivity contribution in [3.63, 3.8) is 0 Å². The van der Waals surface area contributed by atoms with Crippen molar-refractivity contribution in [3.8, 4) is 5.69 Å². The number of fused-ring (bicyclic) bond motifs is 1. The maximum atomic E-state index is 6.45. The van der Waals surface area contributed by atoms with Crippen molar-refractivity contribution in [2.45, 2.75) is 23.9 Å². The van der Waals surface area contributed by atoms with E-state index in [0.717, 1.165) is 33.1 Å². The van der Waals surface area contributed by atoms with E-state index in [-0.39, 0.29) is 6.04 Å². The minimum atomic E-state index is 0.0912. The number of pyridine rings is 1. The zero-order chi connectivity index (χ0) is 21.3. The lowest BCUT2D eigenvalue weighted by Gasteiger charge is -2.20. The van der Waals surface area contributed by atoms with Gasteiger partial charge in [-0.3, -0.25) is 9.47 Å². The predicted octanol–water partition coefficient (Wildman–Crippen LogP) is 6.04. The van der Waals surface area contributed by atoms with E-state index >= 15 is 0 Å². The highest BCUT2D eigenvalue weighted by atomic mass is 35.5. The summed E-state index contributed by atoms with van der Waals surface area (Å²) in [6.45, 7) is 2.11. The minimum Gasteiger partial charge on any atom is -0.300 e. The zero-order valence-corrected chi connectivity index (χ0v) is 19.2. The van der Waals surface area contributed by atoms with Gasteiger partial charge in [0.05, 0.1) is 11.6 Å². The number of halogens is 2. The molecule has 8 heteroatoms. The third-order valence-electron chi connectivity index (χ3n) is 5.00. The smallest absolute Gasteiger partial charge is 0.196 e. The van der Waals surface area contributed by atoms with E-state index in [1.54, 1.807) is 11.8 Å². The molecule has 1 unspecified atom stereocenters. The van der Waals surface area contributed by atoms with Crippen LogP contribution in [-0.4, -0.2) is 38.7 Å². The van der Waals surface area contributed by atoms with Gasteiger partial charge in [-0.1, -0.05) is 53.2 Å². The lowest BCUT2D eigenvalue weighted by atomic mass is 10.2. The first-order valence-electron chi connectivity index (χ1n) is 9.48. The second-order valence-corrected chi connectivity index (χ2v) is 8.95. The topological polar surface area (TPSA) is 46.8 Å². The van der Waals surface area contributed by atoms with Crippen LogP contribution in [0.1, 0.15) is 24.4 Å². The fraction of sp³-hybridized carbons (Fsp3) is 0.227. The summed E-state index contributed by atoms with van der Waals surface area (Å²) < 4.78 is 2.08. The number of nitrogens with zero attached hydrogens (tertiary/aromatic N) is 5. The SMILES string of the molecule is CC(c1nnc(SCc2cc3ccccc3nc2Cl)n1-c1ccc(Cl)cc1)N(C)C. The molecular weight excluding hydrogens is 437 g/mol. The Balaban J connectivity index is 1.69. The lowest BCUT2D eigenvalue weighted by molar-refractivity contribution is 0.305. The van der Waals surface area contributed by atoms with E-state index in [1.807, 2.05) is 62.6 Å². The number of hydrogen-bond acceptors (Lipinski definition) is 5. The van der Waals surface area contributed by atoms with Crippen LogP contribution >= 0.6 is 35.0 Å². The van der Waals surface area contributed by atoms with Gasteiger partial charge in [-0.2, -0.15) is 0 Å². The summed E-state index contributed by atoms with van der Waals surface area (Å²) in [5, 5.41) is 12.0. The summed E-state index contributed by atoms with van der Waals surface area (Å²) in [6.07, 6.45) is 0. The molecule has 0 aliphatic rings. The molecule has 1 atom stereocenters. The molecule has 30 heavy (non-hydrogen) atoms. The molecule has 2 heterocycles. The minimum absolute atomic E-state index is 0.0912. The third kappa shape index (κ3) is 4.32. The van der Waals surface area contributed by atoms with Crippen LogP contribution in [0.5, 0.6) is 0 Å². The molecule has 2 aromatic carbocycles. The van der Waals surface area contributed by atoms with Gasteiger partial charge in [0.2, 0.25) is 0 Å². The fourth-order valence-electron chi connectivity index (χ4n) is 3.09. The molecular formula is C22H21Cl2N5S. The zero-order valence-electron chi connectivity index (χ0n) is 16.9. The Bertz CT molecular complexity index is 1170. The largest absolute Gasteiger partial charge is 0.300 e. The van der Waals surface area contributed by atoms with Crippen LogP contribution < -0.4 is 0 Å². The lowest BCUT2D eigenvalue weighted by Crippen LogP contribution is -2.20. The van der Waals surface area contributed by atoms with Gasteiger partial charge in [-0.05, 0) is 57.4 Å². The van der Waals surface area contributed by atoms with E-state index < -0.39 is 0 Å². The summed E-state index contributed by atoms with van der Waals surface area (Å²) in [7, 11) is 4.05. The average molecular weight is 458 g/mol. The number of hydrogen-bond donors (Lipinski definition) is 0. The van der Waals surface area contributed by atoms with Crippen molar-refractivity contribution in [1.29, 1.82) is 0 Å². The molecule has 0 spiro atoms. The van der Waals surface area contributed by atoms with Gasteiger partial charge in [0.15, 0.2) is 11.0 Å². The quantitative estimate of drug-likeness (QED) is 0.261. The Hall–Kier alpha value is -2.12. The summed E-state index contributed by atoms with van der Waals surface area (Å²) in [4.78, 5) is 6.63. The first-order chi connectivity index (χ1) is 14.4. The molecule has 0 amide bonds. The summed E-state index contributed by atoms with van der Waals surface area (Å²) in [6, 6.07) is 17.8. The van der Waals surface area contributed by atoms with Crippen LogP contribution in [0.25, 0.3) is 16.6 Å². The van der Waals surface area contributed by atoms with Crippen LogP contribution in [0.2, 0.25) is 10.2 Å². The number of aromatic nitrogens is 4. The molecule has 154 valence electrons. The number of benzene rings is 2. The van der Waals surface area contributed by atoms with E-state index in [1.165, 1.54) is 0 Å². The Morgan fingerprint density at radius 1 is 1.03 bits per heavy atom. The molecule has 0 aliphatic heterocycles. The van der Waals surface area contributed by atoms with E-state index in [9.17, 15) is 0 Å². The summed E-state index contributed by atoms with van der Waals surface area (Å²) in [5.74, 6) is 1.51. The van der Waals surface area contributed by atoms with Crippen LogP contribution in [0.3, 0.4) is 0 Å². The van der Waals surface area contributed by atoms with Crippen LogP contribution in [0.4, 0.5) is 0 Å². The van der Waals surface area contributed by atoms with Crippen LogP contribution in [0, 0.1) is 0 Å². The highest BCUT2D eigenvalue weighted by molar-refractivity contribution is 7.98. The molecule has 4 aromatic rings. The first kappa shape index (κ1) is 21.1. The van der Waals surface area contributed by atoms with Gasteiger partial charge < -0.3 is 0 Å². The molecule has 0 saturated heterocycles. The number of thioether (sulfide) groups is 1. The Kier molecular flexibility index (Phi) is 6.29. The Morgan fingerprint density at radius 2 is 1.77 bits per heavy atom. The normalized spacial score (nSPS) is 12.6. The van der Waals surface area contributed by atoms with Crippen molar-refractivity contribution >= 4 is 45.9 Å². The van der Waals surface area contributed by atoms with E-state index in [0.29, 0.717) is 15.9 Å². The maximum Gasteiger partial charge on any atom is 0.196 e. The highest BCUT2D eigenvalue weighted by Gasteiger charge is 2.21. The Labute approximate surface area is 190 Å². The first-order valence-corrected chi connectivity index (χ1v) is 11.2. The second kappa shape index (κ2) is 8.94. The highest BCUT2D eigenvalue weighted by Crippen LogP contribution is 2.31.